The summed E-state index contributed by atoms with van der Waals surface area (Å²) in [5, 5.41) is 3.17. The van der Waals surface area contributed by atoms with Crippen LogP contribution in [0.5, 0.6) is 5.75 Å². The van der Waals surface area contributed by atoms with Crippen molar-refractivity contribution < 1.29 is 4.74 Å². The van der Waals surface area contributed by atoms with E-state index in [0.29, 0.717) is 25.0 Å². The number of hydrogen-bond donors (Lipinski definition) is 2. The summed E-state index contributed by atoms with van der Waals surface area (Å²) in [4.78, 5) is 4.48. The lowest BCUT2D eigenvalue weighted by Crippen LogP contribution is -2.24. The van der Waals surface area contributed by atoms with Crippen LogP contribution in [-0.2, 0) is 0 Å². The lowest BCUT2D eigenvalue weighted by molar-refractivity contribution is 0.333. The number of para-hydroxylation sites is 1. The predicted octanol–water partition coefficient (Wildman–Crippen LogP) is 3.71. The van der Waals surface area contributed by atoms with Crippen molar-refractivity contribution in [1.82, 2.24) is 0 Å². The summed E-state index contributed by atoms with van der Waals surface area (Å²) in [7, 11) is 0. The highest BCUT2D eigenvalue weighted by Crippen LogP contribution is 2.33. The maximum absolute atomic E-state index is 6.03. The summed E-state index contributed by atoms with van der Waals surface area (Å²) in [6, 6.07) is 16.4. The molecule has 0 fully saturated rings. The molecule has 0 bridgehead atoms. The highest BCUT2D eigenvalue weighted by molar-refractivity contribution is 5.92. The average Bonchev–Trinajstić information content (AvgIpc) is 2.96. The average molecular weight is 309 g/mol. The first-order chi connectivity index (χ1) is 11.1. The van der Waals surface area contributed by atoms with Crippen LogP contribution >= 0.6 is 0 Å². The Bertz CT molecular complexity index is 709. The standard InChI is InChI=1S/C19H23N3O/c1-13(2)14-6-5-7-16(10-14)22-19(20)21-11-15-12-23-18-9-4-3-8-17(15)18/h3-10,13,15H,11-12H2,1-2H3,(H3,20,21,22). The Morgan fingerprint density at radius 1 is 1.26 bits per heavy atom. The van der Waals surface area contributed by atoms with Crippen molar-refractivity contribution in [2.75, 3.05) is 18.5 Å². The Hall–Kier alpha value is -2.49. The van der Waals surface area contributed by atoms with E-state index >= 15 is 0 Å². The van der Waals surface area contributed by atoms with Crippen LogP contribution < -0.4 is 15.8 Å². The van der Waals surface area contributed by atoms with Crippen LogP contribution in [0.2, 0.25) is 0 Å². The third-order valence-corrected chi connectivity index (χ3v) is 4.11. The summed E-state index contributed by atoms with van der Waals surface area (Å²) in [5.41, 5.74) is 9.49. The van der Waals surface area contributed by atoms with Crippen LogP contribution in [0.1, 0.15) is 36.8 Å². The Labute approximate surface area is 137 Å². The Morgan fingerprint density at radius 2 is 2.09 bits per heavy atom. The molecular formula is C19H23N3O. The van der Waals surface area contributed by atoms with E-state index in [9.17, 15) is 0 Å². The molecule has 0 radical (unpaired) electrons. The van der Waals surface area contributed by atoms with Crippen LogP contribution in [-0.4, -0.2) is 19.1 Å². The lowest BCUT2D eigenvalue weighted by atomic mass is 10.0. The third kappa shape index (κ3) is 3.65. The maximum Gasteiger partial charge on any atom is 0.193 e. The highest BCUT2D eigenvalue weighted by Gasteiger charge is 2.23. The van der Waals surface area contributed by atoms with Gasteiger partial charge in [0.25, 0.3) is 0 Å². The van der Waals surface area contributed by atoms with Gasteiger partial charge >= 0.3 is 0 Å². The summed E-state index contributed by atoms with van der Waals surface area (Å²) in [6.45, 7) is 5.64. The topological polar surface area (TPSA) is 59.6 Å². The zero-order chi connectivity index (χ0) is 16.2. The molecule has 0 saturated carbocycles. The number of guanidine groups is 1. The van der Waals surface area contributed by atoms with Gasteiger partial charge in [-0.05, 0) is 29.7 Å². The minimum atomic E-state index is 0.272. The van der Waals surface area contributed by atoms with E-state index in [1.54, 1.807) is 0 Å². The summed E-state index contributed by atoms with van der Waals surface area (Å²) >= 11 is 0. The van der Waals surface area contributed by atoms with Crippen LogP contribution in [0.3, 0.4) is 0 Å². The van der Waals surface area contributed by atoms with Gasteiger partial charge < -0.3 is 15.8 Å². The first-order valence-corrected chi connectivity index (χ1v) is 8.02. The second-order valence-electron chi connectivity index (χ2n) is 6.18. The molecule has 1 aliphatic heterocycles. The van der Waals surface area contributed by atoms with Gasteiger partial charge in [-0.15, -0.1) is 0 Å². The smallest absolute Gasteiger partial charge is 0.193 e. The first-order valence-electron chi connectivity index (χ1n) is 8.02. The molecule has 0 saturated heterocycles. The van der Waals surface area contributed by atoms with Gasteiger partial charge in [0.15, 0.2) is 5.96 Å². The molecule has 2 aromatic rings. The van der Waals surface area contributed by atoms with Gasteiger partial charge in [-0.1, -0.05) is 44.2 Å². The quantitative estimate of drug-likeness (QED) is 0.668. The number of ether oxygens (including phenoxy) is 1. The predicted molar refractivity (Wildman–Crippen MR) is 95.3 cm³/mol. The van der Waals surface area contributed by atoms with Crippen molar-refractivity contribution in [3.8, 4) is 5.75 Å². The van der Waals surface area contributed by atoms with E-state index < -0.39 is 0 Å². The van der Waals surface area contributed by atoms with Crippen molar-refractivity contribution in [3.05, 3.63) is 59.7 Å². The van der Waals surface area contributed by atoms with Gasteiger partial charge in [-0.3, -0.25) is 4.99 Å². The molecule has 2 aromatic carbocycles. The molecule has 0 aromatic heterocycles. The molecule has 3 rings (SSSR count). The second-order valence-corrected chi connectivity index (χ2v) is 6.18. The fourth-order valence-electron chi connectivity index (χ4n) is 2.75. The fourth-order valence-corrected chi connectivity index (χ4v) is 2.75. The van der Waals surface area contributed by atoms with Crippen LogP contribution in [0.15, 0.2) is 53.5 Å². The summed E-state index contributed by atoms with van der Waals surface area (Å²) in [6.07, 6.45) is 0. The van der Waals surface area contributed by atoms with Gasteiger partial charge in [-0.2, -0.15) is 0 Å². The number of hydrogen-bond acceptors (Lipinski definition) is 2. The van der Waals surface area contributed by atoms with E-state index in [-0.39, 0.29) is 5.92 Å². The maximum atomic E-state index is 6.03. The van der Waals surface area contributed by atoms with Gasteiger partial charge in [-0.25, -0.2) is 0 Å². The van der Waals surface area contributed by atoms with E-state index in [1.165, 1.54) is 11.1 Å². The van der Waals surface area contributed by atoms with Crippen molar-refractivity contribution in [1.29, 1.82) is 0 Å². The van der Waals surface area contributed by atoms with Crippen LogP contribution in [0.25, 0.3) is 0 Å². The van der Waals surface area contributed by atoms with Crippen molar-refractivity contribution in [2.24, 2.45) is 10.7 Å². The molecule has 0 spiro atoms. The molecule has 1 atom stereocenters. The van der Waals surface area contributed by atoms with Crippen molar-refractivity contribution in [2.45, 2.75) is 25.7 Å². The highest BCUT2D eigenvalue weighted by atomic mass is 16.5. The number of fused-ring (bicyclic) bond motifs is 1. The zero-order valence-corrected chi connectivity index (χ0v) is 13.6. The molecular weight excluding hydrogens is 286 g/mol. The number of aliphatic imine (C=N–C) groups is 1. The van der Waals surface area contributed by atoms with E-state index in [1.807, 2.05) is 30.3 Å². The molecule has 0 aliphatic carbocycles. The number of anilines is 1. The monoisotopic (exact) mass is 309 g/mol. The second kappa shape index (κ2) is 6.73. The van der Waals surface area contributed by atoms with Crippen LogP contribution in [0.4, 0.5) is 5.69 Å². The molecule has 23 heavy (non-hydrogen) atoms. The molecule has 1 unspecified atom stereocenters. The van der Waals surface area contributed by atoms with Crippen LogP contribution in [0, 0.1) is 0 Å². The molecule has 0 amide bonds. The van der Waals surface area contributed by atoms with Gasteiger partial charge in [0.1, 0.15) is 5.75 Å². The number of nitrogens with zero attached hydrogens (tertiary/aromatic N) is 1. The lowest BCUT2D eigenvalue weighted by Gasteiger charge is -2.11. The Kier molecular flexibility index (Phi) is 4.51. The molecule has 1 heterocycles. The summed E-state index contributed by atoms with van der Waals surface area (Å²) in [5.74, 6) is 2.16. The normalized spacial score (nSPS) is 17.0. The first kappa shape index (κ1) is 15.4. The molecule has 3 N–H and O–H groups in total. The SMILES string of the molecule is CC(C)c1cccc(NC(N)=NCC2COc3ccccc32)c1. The van der Waals surface area contributed by atoms with E-state index in [0.717, 1.165) is 11.4 Å². The minimum Gasteiger partial charge on any atom is -0.493 e. The van der Waals surface area contributed by atoms with E-state index in [4.69, 9.17) is 10.5 Å². The van der Waals surface area contributed by atoms with Gasteiger partial charge in [0.2, 0.25) is 0 Å². The van der Waals surface area contributed by atoms with Gasteiger partial charge in [0.05, 0.1) is 13.2 Å². The number of benzene rings is 2. The Morgan fingerprint density at radius 3 is 2.91 bits per heavy atom. The van der Waals surface area contributed by atoms with Crippen molar-refractivity contribution in [3.63, 3.8) is 0 Å². The minimum absolute atomic E-state index is 0.272. The largest absolute Gasteiger partial charge is 0.493 e. The Balaban J connectivity index is 1.64. The number of nitrogens with two attached hydrogens (primary N) is 1. The van der Waals surface area contributed by atoms with Crippen molar-refractivity contribution >= 4 is 11.6 Å². The molecule has 1 aliphatic rings. The fraction of sp³-hybridized carbons (Fsp3) is 0.316. The number of rotatable bonds is 4. The summed E-state index contributed by atoms with van der Waals surface area (Å²) < 4.78 is 5.67. The van der Waals surface area contributed by atoms with E-state index in [2.05, 4.69) is 42.4 Å². The molecule has 4 nitrogen and oxygen atoms in total. The van der Waals surface area contributed by atoms with Gasteiger partial charge in [0, 0.05) is 17.2 Å². The third-order valence-electron chi connectivity index (χ3n) is 4.11. The molecule has 120 valence electrons. The zero-order valence-electron chi connectivity index (χ0n) is 13.6. The number of nitrogens with one attached hydrogen (secondary N) is 1. The molecule has 4 heteroatoms.